The normalized spacial score (nSPS) is 14.6. The number of hydrogen-bond acceptors (Lipinski definition) is 8. The zero-order valence-corrected chi connectivity index (χ0v) is 19.8. The van der Waals surface area contributed by atoms with E-state index in [9.17, 15) is 19.8 Å². The summed E-state index contributed by atoms with van der Waals surface area (Å²) >= 11 is 0. The molecule has 3 heterocycles. The molecule has 12 nitrogen and oxygen atoms in total. The van der Waals surface area contributed by atoms with E-state index in [-0.39, 0.29) is 23.8 Å². The second-order valence-electron chi connectivity index (χ2n) is 8.36. The Morgan fingerprint density at radius 2 is 2.03 bits per heavy atom. The number of amides is 2. The number of piperidine rings is 1. The summed E-state index contributed by atoms with van der Waals surface area (Å²) in [5, 5.41) is 29.3. The molecule has 4 N–H and O–H groups in total. The Morgan fingerprint density at radius 3 is 2.75 bits per heavy atom. The average Bonchev–Trinajstić information content (AvgIpc) is 3.25. The maximum atomic E-state index is 12.4. The van der Waals surface area contributed by atoms with Crippen molar-refractivity contribution in [3.63, 3.8) is 0 Å². The maximum absolute atomic E-state index is 12.4. The van der Waals surface area contributed by atoms with Crippen LogP contribution in [0, 0.1) is 0 Å². The van der Waals surface area contributed by atoms with Gasteiger partial charge in [0.15, 0.2) is 0 Å². The zero-order valence-electron chi connectivity index (χ0n) is 19.8. The fourth-order valence-corrected chi connectivity index (χ4v) is 3.81. The monoisotopic (exact) mass is 492 g/mol. The first kappa shape index (κ1) is 24.8. The third-order valence-corrected chi connectivity index (χ3v) is 5.58. The van der Waals surface area contributed by atoms with Crippen molar-refractivity contribution < 1.29 is 19.8 Å². The van der Waals surface area contributed by atoms with Gasteiger partial charge in [-0.05, 0) is 31.0 Å². The topological polar surface area (TPSA) is 149 Å². The molecule has 0 spiro atoms. The van der Waals surface area contributed by atoms with E-state index in [4.69, 9.17) is 0 Å². The maximum Gasteiger partial charge on any atom is 0.417 e. The number of likely N-dealkylation sites (tertiary alicyclic amines) is 1. The Bertz CT molecular complexity index is 1240. The van der Waals surface area contributed by atoms with Gasteiger partial charge in [0, 0.05) is 56.9 Å². The predicted octanol–water partition coefficient (Wildman–Crippen LogP) is 2.72. The number of nitrogens with zero attached hydrogens (tertiary/aromatic N) is 6. The van der Waals surface area contributed by atoms with E-state index in [2.05, 4.69) is 30.6 Å². The SMILES string of the molecule is Cn1cc(Nc2nccc(N(C(=O)O)c3cccc(NC(=O)C=CCN4CCC(O)CC4)c3)n2)cn1. The molecule has 2 amide bonds. The van der Waals surface area contributed by atoms with E-state index in [1.807, 2.05) is 0 Å². The number of aliphatic hydroxyl groups excluding tert-OH is 1. The van der Waals surface area contributed by atoms with E-state index in [1.54, 1.807) is 54.5 Å². The minimum atomic E-state index is -1.24. The van der Waals surface area contributed by atoms with Crippen LogP contribution >= 0.6 is 0 Å². The van der Waals surface area contributed by atoms with Crippen LogP contribution < -0.4 is 15.5 Å². The smallest absolute Gasteiger partial charge is 0.417 e. The third-order valence-electron chi connectivity index (χ3n) is 5.58. The molecule has 3 aromatic rings. The summed E-state index contributed by atoms with van der Waals surface area (Å²) in [6, 6.07) is 7.98. The Labute approximate surface area is 207 Å². The molecular formula is C24H28N8O4. The van der Waals surface area contributed by atoms with Gasteiger partial charge in [-0.3, -0.25) is 14.4 Å². The molecule has 2 aromatic heterocycles. The highest BCUT2D eigenvalue weighted by atomic mass is 16.4. The van der Waals surface area contributed by atoms with Crippen molar-refractivity contribution in [2.45, 2.75) is 18.9 Å². The number of rotatable bonds is 8. The first-order chi connectivity index (χ1) is 17.4. The fourth-order valence-electron chi connectivity index (χ4n) is 3.81. The summed E-state index contributed by atoms with van der Waals surface area (Å²) in [6.07, 6.45) is 8.02. The Kier molecular flexibility index (Phi) is 7.88. The van der Waals surface area contributed by atoms with Crippen LogP contribution in [0.15, 0.2) is 61.1 Å². The van der Waals surface area contributed by atoms with Crippen molar-refractivity contribution in [2.24, 2.45) is 7.05 Å². The average molecular weight is 493 g/mol. The molecule has 0 atom stereocenters. The number of anilines is 5. The first-order valence-electron chi connectivity index (χ1n) is 11.5. The van der Waals surface area contributed by atoms with Gasteiger partial charge in [-0.1, -0.05) is 12.1 Å². The zero-order chi connectivity index (χ0) is 25.5. The molecule has 0 radical (unpaired) electrons. The molecule has 1 aliphatic heterocycles. The number of carboxylic acid groups (broad SMARTS) is 1. The lowest BCUT2D eigenvalue weighted by Gasteiger charge is -2.28. The lowest BCUT2D eigenvalue weighted by Crippen LogP contribution is -2.35. The Hall–Kier alpha value is -4.29. The molecule has 0 aliphatic carbocycles. The van der Waals surface area contributed by atoms with Gasteiger partial charge >= 0.3 is 6.09 Å². The number of nitrogens with one attached hydrogen (secondary N) is 2. The number of carbonyl (C=O) groups is 2. The van der Waals surface area contributed by atoms with Crippen LogP contribution in [0.5, 0.6) is 0 Å². The van der Waals surface area contributed by atoms with Crippen LogP contribution in [-0.4, -0.2) is 72.6 Å². The van der Waals surface area contributed by atoms with E-state index in [1.165, 1.54) is 18.3 Å². The van der Waals surface area contributed by atoms with Crippen molar-refractivity contribution in [1.29, 1.82) is 0 Å². The van der Waals surface area contributed by atoms with Gasteiger partial charge in [0.05, 0.1) is 23.7 Å². The van der Waals surface area contributed by atoms with Crippen LogP contribution in [0.2, 0.25) is 0 Å². The molecular weight excluding hydrogens is 464 g/mol. The molecule has 0 unspecified atom stereocenters. The first-order valence-corrected chi connectivity index (χ1v) is 11.5. The van der Waals surface area contributed by atoms with E-state index in [0.29, 0.717) is 23.6 Å². The predicted molar refractivity (Wildman–Crippen MR) is 135 cm³/mol. The third kappa shape index (κ3) is 6.64. The number of carbonyl (C=O) groups excluding carboxylic acids is 1. The van der Waals surface area contributed by atoms with Gasteiger partial charge in [0.2, 0.25) is 11.9 Å². The van der Waals surface area contributed by atoms with E-state index in [0.717, 1.165) is 30.8 Å². The minimum Gasteiger partial charge on any atom is -0.464 e. The Balaban J connectivity index is 1.43. The molecule has 188 valence electrons. The van der Waals surface area contributed by atoms with Gasteiger partial charge in [-0.15, -0.1) is 0 Å². The van der Waals surface area contributed by atoms with Crippen molar-refractivity contribution in [3.05, 3.63) is 61.1 Å². The molecule has 0 saturated carbocycles. The molecule has 0 bridgehead atoms. The summed E-state index contributed by atoms with van der Waals surface area (Å²) in [5.41, 5.74) is 1.41. The molecule has 12 heteroatoms. The van der Waals surface area contributed by atoms with Crippen molar-refractivity contribution >= 4 is 40.8 Å². The summed E-state index contributed by atoms with van der Waals surface area (Å²) in [6.45, 7) is 2.21. The van der Waals surface area contributed by atoms with Gasteiger partial charge in [-0.2, -0.15) is 10.1 Å². The summed E-state index contributed by atoms with van der Waals surface area (Å²) in [4.78, 5) is 36.2. The number of aryl methyl sites for hydroxylation is 1. The highest BCUT2D eigenvalue weighted by molar-refractivity contribution is 6.00. The molecule has 1 fully saturated rings. The lowest BCUT2D eigenvalue weighted by molar-refractivity contribution is -0.111. The Morgan fingerprint density at radius 1 is 1.22 bits per heavy atom. The summed E-state index contributed by atoms with van der Waals surface area (Å²) in [5.74, 6) is 0.0273. The van der Waals surface area contributed by atoms with Crippen LogP contribution in [0.1, 0.15) is 12.8 Å². The van der Waals surface area contributed by atoms with Gasteiger partial charge in [0.25, 0.3) is 0 Å². The van der Waals surface area contributed by atoms with Crippen molar-refractivity contribution in [2.75, 3.05) is 35.2 Å². The van der Waals surface area contributed by atoms with Crippen LogP contribution in [0.3, 0.4) is 0 Å². The molecule has 1 aliphatic rings. The number of aromatic nitrogens is 4. The number of benzene rings is 1. The van der Waals surface area contributed by atoms with Gasteiger partial charge in [-0.25, -0.2) is 14.7 Å². The second kappa shape index (κ2) is 11.4. The fraction of sp³-hybridized carbons (Fsp3) is 0.292. The molecule has 36 heavy (non-hydrogen) atoms. The second-order valence-corrected chi connectivity index (χ2v) is 8.36. The van der Waals surface area contributed by atoms with Crippen molar-refractivity contribution in [1.82, 2.24) is 24.6 Å². The summed E-state index contributed by atoms with van der Waals surface area (Å²) in [7, 11) is 1.77. The largest absolute Gasteiger partial charge is 0.464 e. The number of hydrogen-bond donors (Lipinski definition) is 4. The molecule has 4 rings (SSSR count). The quantitative estimate of drug-likeness (QED) is 0.348. The molecule has 1 saturated heterocycles. The molecule has 1 aromatic carbocycles. The summed E-state index contributed by atoms with van der Waals surface area (Å²) < 4.78 is 1.61. The van der Waals surface area contributed by atoms with Crippen molar-refractivity contribution in [3.8, 4) is 0 Å². The highest BCUT2D eigenvalue weighted by Gasteiger charge is 2.20. The van der Waals surface area contributed by atoms with Crippen LogP contribution in [-0.2, 0) is 11.8 Å². The number of aliphatic hydroxyl groups is 1. The standard InChI is InChI=1S/C24H28N8O4/c1-30-16-18(15-26-30)28-23-25-10-7-21(29-23)32(24(35)36)19-5-2-4-17(14-19)27-22(34)6-3-11-31-12-8-20(33)9-13-31/h2-7,10,14-16,20,33H,8-9,11-13H2,1H3,(H,27,34)(H,35,36)(H,25,28,29). The lowest BCUT2D eigenvalue weighted by atomic mass is 10.1. The van der Waals surface area contributed by atoms with Crippen LogP contribution in [0.4, 0.5) is 33.6 Å². The van der Waals surface area contributed by atoms with E-state index < -0.39 is 6.09 Å². The van der Waals surface area contributed by atoms with Gasteiger partial charge < -0.3 is 20.8 Å². The van der Waals surface area contributed by atoms with E-state index >= 15 is 0 Å². The minimum absolute atomic E-state index is 0.138. The van der Waals surface area contributed by atoms with Crippen LogP contribution in [0.25, 0.3) is 0 Å². The highest BCUT2D eigenvalue weighted by Crippen LogP contribution is 2.27. The van der Waals surface area contributed by atoms with Gasteiger partial charge in [0.1, 0.15) is 5.82 Å².